The summed E-state index contributed by atoms with van der Waals surface area (Å²) >= 11 is 12.2. The van der Waals surface area contributed by atoms with E-state index in [0.29, 0.717) is 21.4 Å². The molecule has 1 aliphatic rings. The van der Waals surface area contributed by atoms with Gasteiger partial charge in [0.1, 0.15) is 5.69 Å². The second-order valence-corrected chi connectivity index (χ2v) is 6.26. The van der Waals surface area contributed by atoms with Gasteiger partial charge in [0.25, 0.3) is 5.91 Å². The number of amides is 1. The van der Waals surface area contributed by atoms with Gasteiger partial charge in [-0.1, -0.05) is 42.1 Å². The minimum absolute atomic E-state index is 0.187. The smallest absolute Gasteiger partial charge is 0.270 e. The van der Waals surface area contributed by atoms with Crippen LogP contribution in [0.25, 0.3) is 0 Å². The maximum absolute atomic E-state index is 12.3. The number of hydrogen-bond acceptors (Lipinski definition) is 4. The SMILES string of the molecule is O=C(NC1CCCC1)c1ccnc(Nc2c(Cl)cccc2Cl)n1. The van der Waals surface area contributed by atoms with Gasteiger partial charge in [-0.05, 0) is 31.0 Å². The summed E-state index contributed by atoms with van der Waals surface area (Å²) in [6.45, 7) is 0. The van der Waals surface area contributed by atoms with Crippen molar-refractivity contribution in [1.29, 1.82) is 0 Å². The molecule has 1 amide bonds. The summed E-state index contributed by atoms with van der Waals surface area (Å²) in [5, 5.41) is 6.88. The van der Waals surface area contributed by atoms with Crippen molar-refractivity contribution < 1.29 is 4.79 Å². The van der Waals surface area contributed by atoms with Gasteiger partial charge >= 0.3 is 0 Å². The minimum Gasteiger partial charge on any atom is -0.348 e. The first-order valence-electron chi connectivity index (χ1n) is 7.48. The van der Waals surface area contributed by atoms with Crippen LogP contribution in [0.2, 0.25) is 10.0 Å². The average Bonchev–Trinajstić information content (AvgIpc) is 3.04. The molecule has 1 aliphatic carbocycles. The van der Waals surface area contributed by atoms with Gasteiger partial charge in [0.05, 0.1) is 15.7 Å². The molecule has 0 radical (unpaired) electrons. The molecule has 2 aromatic rings. The lowest BCUT2D eigenvalue weighted by molar-refractivity contribution is 0.0933. The normalized spacial score (nSPS) is 14.7. The van der Waals surface area contributed by atoms with Crippen molar-refractivity contribution in [2.45, 2.75) is 31.7 Å². The van der Waals surface area contributed by atoms with Crippen molar-refractivity contribution in [2.75, 3.05) is 5.32 Å². The standard InChI is InChI=1S/C16H16Cl2N4O/c17-11-6-3-7-12(18)14(11)22-16-19-9-8-13(21-16)15(23)20-10-4-1-2-5-10/h3,6-10H,1-2,4-5H2,(H,20,23)(H,19,21,22). The molecule has 120 valence electrons. The Morgan fingerprint density at radius 2 is 1.83 bits per heavy atom. The third kappa shape index (κ3) is 3.92. The quantitative estimate of drug-likeness (QED) is 0.866. The zero-order valence-corrected chi connectivity index (χ0v) is 13.9. The number of carbonyl (C=O) groups excluding carboxylic acids is 1. The highest BCUT2D eigenvalue weighted by atomic mass is 35.5. The Balaban J connectivity index is 1.75. The van der Waals surface area contributed by atoms with E-state index in [1.165, 1.54) is 6.20 Å². The molecule has 3 rings (SSSR count). The maximum atomic E-state index is 12.3. The highest BCUT2D eigenvalue weighted by Crippen LogP contribution is 2.31. The van der Waals surface area contributed by atoms with Crippen molar-refractivity contribution in [3.8, 4) is 0 Å². The first-order chi connectivity index (χ1) is 11.1. The van der Waals surface area contributed by atoms with Crippen molar-refractivity contribution >= 4 is 40.7 Å². The van der Waals surface area contributed by atoms with E-state index in [1.807, 2.05) is 0 Å². The molecule has 1 saturated carbocycles. The van der Waals surface area contributed by atoms with E-state index >= 15 is 0 Å². The number of carbonyl (C=O) groups is 1. The third-order valence-electron chi connectivity index (χ3n) is 3.78. The molecule has 0 bridgehead atoms. The molecule has 0 unspecified atom stereocenters. The molecule has 1 aromatic carbocycles. The molecule has 0 saturated heterocycles. The summed E-state index contributed by atoms with van der Waals surface area (Å²) in [6.07, 6.45) is 5.90. The third-order valence-corrected chi connectivity index (χ3v) is 4.41. The van der Waals surface area contributed by atoms with Crippen LogP contribution in [0.1, 0.15) is 36.2 Å². The number of benzene rings is 1. The maximum Gasteiger partial charge on any atom is 0.270 e. The van der Waals surface area contributed by atoms with Crippen LogP contribution in [0, 0.1) is 0 Å². The van der Waals surface area contributed by atoms with E-state index in [2.05, 4.69) is 20.6 Å². The summed E-state index contributed by atoms with van der Waals surface area (Å²) in [6, 6.07) is 7.01. The molecular weight excluding hydrogens is 335 g/mol. The van der Waals surface area contributed by atoms with E-state index < -0.39 is 0 Å². The fraction of sp³-hybridized carbons (Fsp3) is 0.312. The Bertz CT molecular complexity index is 697. The summed E-state index contributed by atoms with van der Waals surface area (Å²) in [4.78, 5) is 20.6. The van der Waals surface area contributed by atoms with Crippen molar-refractivity contribution in [3.05, 3.63) is 46.2 Å². The molecule has 5 nitrogen and oxygen atoms in total. The van der Waals surface area contributed by atoms with Crippen LogP contribution < -0.4 is 10.6 Å². The number of halogens is 2. The first kappa shape index (κ1) is 16.0. The lowest BCUT2D eigenvalue weighted by Gasteiger charge is -2.12. The van der Waals surface area contributed by atoms with Crippen LogP contribution in [-0.2, 0) is 0 Å². The second kappa shape index (κ2) is 7.15. The molecule has 1 fully saturated rings. The van der Waals surface area contributed by atoms with Crippen molar-refractivity contribution in [1.82, 2.24) is 15.3 Å². The molecule has 7 heteroatoms. The number of rotatable bonds is 4. The lowest BCUT2D eigenvalue weighted by Crippen LogP contribution is -2.33. The van der Waals surface area contributed by atoms with Gasteiger partial charge < -0.3 is 10.6 Å². The van der Waals surface area contributed by atoms with E-state index in [4.69, 9.17) is 23.2 Å². The summed E-state index contributed by atoms with van der Waals surface area (Å²) in [5.74, 6) is 0.0895. The van der Waals surface area contributed by atoms with Gasteiger partial charge in [-0.3, -0.25) is 4.79 Å². The zero-order valence-electron chi connectivity index (χ0n) is 12.4. The molecule has 1 aromatic heterocycles. The number of anilines is 2. The van der Waals surface area contributed by atoms with Crippen molar-refractivity contribution in [2.24, 2.45) is 0 Å². The molecule has 23 heavy (non-hydrogen) atoms. The van der Waals surface area contributed by atoms with Crippen LogP contribution in [0.15, 0.2) is 30.5 Å². The van der Waals surface area contributed by atoms with Crippen LogP contribution in [0.4, 0.5) is 11.6 Å². The zero-order chi connectivity index (χ0) is 16.2. The summed E-state index contributed by atoms with van der Waals surface area (Å²) in [7, 11) is 0. The summed E-state index contributed by atoms with van der Waals surface area (Å²) in [5.41, 5.74) is 0.835. The Labute approximate surface area is 144 Å². The fourth-order valence-corrected chi connectivity index (χ4v) is 3.10. The topological polar surface area (TPSA) is 66.9 Å². The van der Waals surface area contributed by atoms with E-state index in [1.54, 1.807) is 24.3 Å². The van der Waals surface area contributed by atoms with E-state index in [9.17, 15) is 4.79 Å². The van der Waals surface area contributed by atoms with Gasteiger partial charge in [-0.2, -0.15) is 0 Å². The minimum atomic E-state index is -0.187. The Morgan fingerprint density at radius 1 is 1.13 bits per heavy atom. The number of aromatic nitrogens is 2. The molecule has 0 atom stereocenters. The molecule has 0 spiro atoms. The second-order valence-electron chi connectivity index (χ2n) is 5.44. The van der Waals surface area contributed by atoms with Crippen LogP contribution in [0.3, 0.4) is 0 Å². The lowest BCUT2D eigenvalue weighted by atomic mass is 10.2. The fourth-order valence-electron chi connectivity index (χ4n) is 2.60. The number of nitrogens with zero attached hydrogens (tertiary/aromatic N) is 2. The van der Waals surface area contributed by atoms with Crippen LogP contribution in [0.5, 0.6) is 0 Å². The van der Waals surface area contributed by atoms with E-state index in [0.717, 1.165) is 25.7 Å². The Kier molecular flexibility index (Phi) is 4.98. The Morgan fingerprint density at radius 3 is 2.52 bits per heavy atom. The van der Waals surface area contributed by atoms with Gasteiger partial charge in [0.2, 0.25) is 5.95 Å². The molecule has 2 N–H and O–H groups in total. The predicted octanol–water partition coefficient (Wildman–Crippen LogP) is 4.20. The monoisotopic (exact) mass is 350 g/mol. The van der Waals surface area contributed by atoms with Gasteiger partial charge in [0, 0.05) is 12.2 Å². The van der Waals surface area contributed by atoms with Gasteiger partial charge in [-0.25, -0.2) is 9.97 Å². The van der Waals surface area contributed by atoms with Crippen LogP contribution in [-0.4, -0.2) is 21.9 Å². The number of hydrogen-bond donors (Lipinski definition) is 2. The Hall–Kier alpha value is -1.85. The van der Waals surface area contributed by atoms with Crippen molar-refractivity contribution in [3.63, 3.8) is 0 Å². The highest BCUT2D eigenvalue weighted by Gasteiger charge is 2.19. The van der Waals surface area contributed by atoms with Gasteiger partial charge in [-0.15, -0.1) is 0 Å². The average molecular weight is 351 g/mol. The molecule has 0 aliphatic heterocycles. The number of nitrogens with one attached hydrogen (secondary N) is 2. The first-order valence-corrected chi connectivity index (χ1v) is 8.24. The number of para-hydroxylation sites is 1. The van der Waals surface area contributed by atoms with Gasteiger partial charge in [0.15, 0.2) is 0 Å². The predicted molar refractivity (Wildman–Crippen MR) is 91.5 cm³/mol. The summed E-state index contributed by atoms with van der Waals surface area (Å²) < 4.78 is 0. The molecule has 1 heterocycles. The van der Waals surface area contributed by atoms with Crippen LogP contribution >= 0.6 is 23.2 Å². The highest BCUT2D eigenvalue weighted by molar-refractivity contribution is 6.39. The largest absolute Gasteiger partial charge is 0.348 e. The molecular formula is C16H16Cl2N4O. The van der Waals surface area contributed by atoms with E-state index in [-0.39, 0.29) is 17.9 Å².